The van der Waals surface area contributed by atoms with Gasteiger partial charge >= 0.3 is 0 Å². The van der Waals surface area contributed by atoms with Gasteiger partial charge in [0, 0.05) is 25.1 Å². The Labute approximate surface area is 126 Å². The summed E-state index contributed by atoms with van der Waals surface area (Å²) in [6.45, 7) is 1.03. The maximum absolute atomic E-state index is 13.5. The predicted molar refractivity (Wildman–Crippen MR) is 77.9 cm³/mol. The maximum atomic E-state index is 13.5. The lowest BCUT2D eigenvalue weighted by atomic mass is 10.1. The van der Waals surface area contributed by atoms with E-state index in [4.69, 9.17) is 20.9 Å². The smallest absolute Gasteiger partial charge is 0.194 e. The third-order valence-corrected chi connectivity index (χ3v) is 3.44. The van der Waals surface area contributed by atoms with Crippen LogP contribution in [0.4, 0.5) is 4.39 Å². The molecule has 110 valence electrons. The van der Waals surface area contributed by atoms with Crippen LogP contribution in [0.1, 0.15) is 17.7 Å². The molecule has 4 nitrogen and oxygen atoms in total. The molecule has 0 bridgehead atoms. The van der Waals surface area contributed by atoms with Gasteiger partial charge in [-0.2, -0.15) is 0 Å². The first kappa shape index (κ1) is 14.1. The van der Waals surface area contributed by atoms with E-state index in [1.54, 1.807) is 24.3 Å². The second-order valence-corrected chi connectivity index (χ2v) is 5.17. The van der Waals surface area contributed by atoms with Crippen molar-refractivity contribution in [2.75, 3.05) is 6.54 Å². The molecular weight excluding hydrogens is 295 g/mol. The van der Waals surface area contributed by atoms with E-state index >= 15 is 0 Å². The normalized spacial score (nSPS) is 17.6. The summed E-state index contributed by atoms with van der Waals surface area (Å²) in [5, 5.41) is 7.49. The quantitative estimate of drug-likeness (QED) is 0.921. The van der Waals surface area contributed by atoms with Crippen molar-refractivity contribution >= 4 is 17.3 Å². The van der Waals surface area contributed by atoms with Crippen LogP contribution in [-0.2, 0) is 11.4 Å². The number of nitrogens with zero attached hydrogens (tertiary/aromatic N) is 1. The van der Waals surface area contributed by atoms with Gasteiger partial charge in [0.05, 0.1) is 0 Å². The van der Waals surface area contributed by atoms with Gasteiger partial charge in [-0.05, 0) is 29.8 Å². The highest BCUT2D eigenvalue weighted by molar-refractivity contribution is 6.29. The Bertz CT molecular complexity index is 657. The van der Waals surface area contributed by atoms with Crippen LogP contribution in [0.25, 0.3) is 0 Å². The minimum atomic E-state index is -0.209. The van der Waals surface area contributed by atoms with Crippen LogP contribution in [0.3, 0.4) is 0 Å². The SMILES string of the molecule is Fc1ccccc1CNCC1CC(c2ccc(Cl)o2)=NO1. The first-order valence-electron chi connectivity index (χ1n) is 6.65. The second kappa shape index (κ2) is 6.28. The molecule has 1 aromatic heterocycles. The molecule has 0 saturated carbocycles. The van der Waals surface area contributed by atoms with Gasteiger partial charge in [0.1, 0.15) is 17.6 Å². The highest BCUT2D eigenvalue weighted by Gasteiger charge is 2.24. The highest BCUT2D eigenvalue weighted by atomic mass is 35.5. The molecular formula is C15H14ClFN2O2. The van der Waals surface area contributed by atoms with Gasteiger partial charge in [-0.3, -0.25) is 0 Å². The van der Waals surface area contributed by atoms with Gasteiger partial charge in [0.2, 0.25) is 0 Å². The summed E-state index contributed by atoms with van der Waals surface area (Å²) in [6.07, 6.45) is 0.546. The van der Waals surface area contributed by atoms with Gasteiger partial charge < -0.3 is 14.6 Å². The molecule has 0 aliphatic carbocycles. The lowest BCUT2D eigenvalue weighted by molar-refractivity contribution is 0.0848. The molecule has 1 aliphatic rings. The number of hydrogen-bond acceptors (Lipinski definition) is 4. The highest BCUT2D eigenvalue weighted by Crippen LogP contribution is 2.20. The molecule has 3 rings (SSSR count). The zero-order valence-corrected chi connectivity index (χ0v) is 11.9. The maximum Gasteiger partial charge on any atom is 0.194 e. The summed E-state index contributed by atoms with van der Waals surface area (Å²) in [6, 6.07) is 10.1. The number of rotatable bonds is 5. The van der Waals surface area contributed by atoms with Crippen LogP contribution >= 0.6 is 11.6 Å². The molecule has 0 saturated heterocycles. The Morgan fingerprint density at radius 3 is 2.90 bits per heavy atom. The molecule has 1 atom stereocenters. The van der Waals surface area contributed by atoms with Crippen molar-refractivity contribution in [3.05, 3.63) is 58.8 Å². The summed E-state index contributed by atoms with van der Waals surface area (Å²) in [4.78, 5) is 5.33. The van der Waals surface area contributed by atoms with E-state index in [1.807, 2.05) is 6.07 Å². The zero-order valence-electron chi connectivity index (χ0n) is 11.2. The van der Waals surface area contributed by atoms with E-state index in [0.717, 1.165) is 5.71 Å². The van der Waals surface area contributed by atoms with Gasteiger partial charge in [-0.15, -0.1) is 0 Å². The Morgan fingerprint density at radius 2 is 2.14 bits per heavy atom. The van der Waals surface area contributed by atoms with Crippen LogP contribution in [-0.4, -0.2) is 18.4 Å². The number of hydrogen-bond donors (Lipinski definition) is 1. The minimum absolute atomic E-state index is 0.0874. The van der Waals surface area contributed by atoms with Crippen LogP contribution < -0.4 is 5.32 Å². The topological polar surface area (TPSA) is 46.8 Å². The lowest BCUT2D eigenvalue weighted by Crippen LogP contribution is -2.27. The van der Waals surface area contributed by atoms with E-state index < -0.39 is 0 Å². The number of oxime groups is 1. The van der Waals surface area contributed by atoms with Crippen molar-refractivity contribution in [1.29, 1.82) is 0 Å². The summed E-state index contributed by atoms with van der Waals surface area (Å²) in [5.41, 5.74) is 1.37. The van der Waals surface area contributed by atoms with Gasteiger partial charge in [0.25, 0.3) is 0 Å². The number of halogens is 2. The van der Waals surface area contributed by atoms with Gasteiger partial charge in [-0.25, -0.2) is 4.39 Å². The van der Waals surface area contributed by atoms with Crippen molar-refractivity contribution in [1.82, 2.24) is 5.32 Å². The van der Waals surface area contributed by atoms with Gasteiger partial charge in [-0.1, -0.05) is 23.4 Å². The molecule has 1 aromatic carbocycles. The molecule has 2 aromatic rings. The van der Waals surface area contributed by atoms with Crippen LogP contribution in [0.5, 0.6) is 0 Å². The molecule has 2 heterocycles. The van der Waals surface area contributed by atoms with E-state index in [1.165, 1.54) is 6.07 Å². The average molecular weight is 309 g/mol. The average Bonchev–Trinajstić information content (AvgIpc) is 3.10. The summed E-state index contributed by atoms with van der Waals surface area (Å²) >= 11 is 5.73. The van der Waals surface area contributed by atoms with E-state index in [9.17, 15) is 4.39 Å². The minimum Gasteiger partial charge on any atom is -0.443 e. The summed E-state index contributed by atoms with van der Waals surface area (Å²) in [7, 11) is 0. The Morgan fingerprint density at radius 1 is 1.29 bits per heavy atom. The van der Waals surface area contributed by atoms with Crippen molar-refractivity contribution in [3.63, 3.8) is 0 Å². The molecule has 6 heteroatoms. The third-order valence-electron chi connectivity index (χ3n) is 3.24. The molecule has 1 aliphatic heterocycles. The van der Waals surface area contributed by atoms with E-state index in [-0.39, 0.29) is 11.9 Å². The summed E-state index contributed by atoms with van der Waals surface area (Å²) in [5.74, 6) is 0.413. The monoisotopic (exact) mass is 308 g/mol. The summed E-state index contributed by atoms with van der Waals surface area (Å²) < 4.78 is 18.7. The molecule has 0 amide bonds. The molecule has 0 spiro atoms. The Hall–Kier alpha value is -1.85. The Balaban J connectivity index is 1.47. The fourth-order valence-electron chi connectivity index (χ4n) is 2.16. The van der Waals surface area contributed by atoms with Crippen molar-refractivity contribution in [3.8, 4) is 0 Å². The predicted octanol–water partition coefficient (Wildman–Crippen LogP) is 3.35. The third kappa shape index (κ3) is 3.43. The zero-order chi connectivity index (χ0) is 14.7. The van der Waals surface area contributed by atoms with Crippen molar-refractivity contribution in [2.45, 2.75) is 19.1 Å². The van der Waals surface area contributed by atoms with Crippen LogP contribution in [0, 0.1) is 5.82 Å². The van der Waals surface area contributed by atoms with Crippen LogP contribution in [0.15, 0.2) is 46.0 Å². The lowest BCUT2D eigenvalue weighted by Gasteiger charge is -2.10. The molecule has 1 N–H and O–H groups in total. The number of nitrogens with one attached hydrogen (secondary N) is 1. The molecule has 1 unspecified atom stereocenters. The van der Waals surface area contributed by atoms with E-state index in [0.29, 0.717) is 36.1 Å². The van der Waals surface area contributed by atoms with Gasteiger partial charge in [0.15, 0.2) is 11.0 Å². The number of furan rings is 1. The Kier molecular flexibility index (Phi) is 4.22. The first-order valence-corrected chi connectivity index (χ1v) is 7.02. The standard InChI is InChI=1S/C15H14ClFN2O2/c16-15-6-5-14(20-15)13-7-11(21-19-13)9-18-8-10-3-1-2-4-12(10)17/h1-6,11,18H,7-9H2. The molecule has 0 fully saturated rings. The fourth-order valence-corrected chi connectivity index (χ4v) is 2.31. The van der Waals surface area contributed by atoms with Crippen molar-refractivity contribution < 1.29 is 13.6 Å². The van der Waals surface area contributed by atoms with Crippen molar-refractivity contribution in [2.24, 2.45) is 5.16 Å². The first-order chi connectivity index (χ1) is 10.2. The van der Waals surface area contributed by atoms with Crippen LogP contribution in [0.2, 0.25) is 5.22 Å². The largest absolute Gasteiger partial charge is 0.443 e. The number of benzene rings is 1. The second-order valence-electron chi connectivity index (χ2n) is 4.80. The fraction of sp³-hybridized carbons (Fsp3) is 0.267. The molecule has 21 heavy (non-hydrogen) atoms. The molecule has 0 radical (unpaired) electrons. The van der Waals surface area contributed by atoms with E-state index in [2.05, 4.69) is 10.5 Å².